The lowest BCUT2D eigenvalue weighted by Gasteiger charge is -2.48. The van der Waals surface area contributed by atoms with Crippen LogP contribution in [-0.2, 0) is 17.8 Å². The van der Waals surface area contributed by atoms with Gasteiger partial charge in [0.15, 0.2) is 0 Å². The number of likely N-dealkylation sites (tertiary alicyclic amines) is 1. The maximum Gasteiger partial charge on any atom is 0.225 e. The van der Waals surface area contributed by atoms with Crippen molar-refractivity contribution >= 4 is 17.2 Å². The normalized spacial score (nSPS) is 24.7. The van der Waals surface area contributed by atoms with Crippen molar-refractivity contribution in [2.45, 2.75) is 38.3 Å². The van der Waals surface area contributed by atoms with E-state index in [1.165, 1.54) is 24.9 Å². The van der Waals surface area contributed by atoms with Gasteiger partial charge in [-0.25, -0.2) is 0 Å². The SMILES string of the molecule is O=C(C1CCC1)N1CC(N2CCc3sccc3C2)C1. The Kier molecular flexibility index (Phi) is 2.88. The highest BCUT2D eigenvalue weighted by atomic mass is 32.1. The van der Waals surface area contributed by atoms with Gasteiger partial charge < -0.3 is 4.90 Å². The lowest BCUT2D eigenvalue weighted by Crippen LogP contribution is -2.62. The molecule has 102 valence electrons. The number of amides is 1. The molecule has 0 unspecified atom stereocenters. The summed E-state index contributed by atoms with van der Waals surface area (Å²) in [6.45, 7) is 4.20. The Morgan fingerprint density at radius 1 is 1.32 bits per heavy atom. The number of rotatable bonds is 2. The molecule has 3 nitrogen and oxygen atoms in total. The van der Waals surface area contributed by atoms with E-state index in [4.69, 9.17) is 0 Å². The minimum absolute atomic E-state index is 0.366. The number of nitrogens with zero attached hydrogens (tertiary/aromatic N) is 2. The molecule has 0 spiro atoms. The van der Waals surface area contributed by atoms with Crippen molar-refractivity contribution in [3.05, 3.63) is 21.9 Å². The molecule has 1 amide bonds. The number of hydrogen-bond donors (Lipinski definition) is 0. The Hall–Kier alpha value is -0.870. The van der Waals surface area contributed by atoms with Crippen LogP contribution in [0.4, 0.5) is 0 Å². The predicted octanol–water partition coefficient (Wildman–Crippen LogP) is 2.12. The smallest absolute Gasteiger partial charge is 0.225 e. The van der Waals surface area contributed by atoms with Crippen LogP contribution < -0.4 is 0 Å². The van der Waals surface area contributed by atoms with Gasteiger partial charge in [0.2, 0.25) is 5.91 Å². The Bertz CT molecular complexity index is 488. The highest BCUT2D eigenvalue weighted by Crippen LogP contribution is 2.32. The minimum Gasteiger partial charge on any atom is -0.339 e. The fourth-order valence-electron chi connectivity index (χ4n) is 3.36. The summed E-state index contributed by atoms with van der Waals surface area (Å²) in [7, 11) is 0. The van der Waals surface area contributed by atoms with Gasteiger partial charge in [-0.3, -0.25) is 9.69 Å². The van der Waals surface area contributed by atoms with Gasteiger partial charge in [0.25, 0.3) is 0 Å². The zero-order valence-corrected chi connectivity index (χ0v) is 12.0. The molecular weight excluding hydrogens is 256 g/mol. The standard InChI is InChI=1S/C15H20N2OS/c18-15(11-2-1-3-11)17-9-13(10-17)16-6-4-14-12(8-16)5-7-19-14/h5,7,11,13H,1-4,6,8-10H2. The van der Waals surface area contributed by atoms with Crippen LogP contribution in [0.2, 0.25) is 0 Å². The third-order valence-corrected chi connectivity index (χ3v) is 6.00. The first-order valence-electron chi connectivity index (χ1n) is 7.39. The van der Waals surface area contributed by atoms with Crippen LogP contribution in [0.5, 0.6) is 0 Å². The van der Waals surface area contributed by atoms with Crippen LogP contribution in [0.25, 0.3) is 0 Å². The summed E-state index contributed by atoms with van der Waals surface area (Å²) >= 11 is 1.89. The number of hydrogen-bond acceptors (Lipinski definition) is 3. The average molecular weight is 276 g/mol. The number of fused-ring (bicyclic) bond motifs is 1. The second kappa shape index (κ2) is 4.60. The van der Waals surface area contributed by atoms with Crippen LogP contribution in [0.15, 0.2) is 11.4 Å². The first-order chi connectivity index (χ1) is 9.31. The molecule has 0 atom stereocenters. The predicted molar refractivity (Wildman–Crippen MR) is 76.1 cm³/mol. The molecule has 3 aliphatic rings. The van der Waals surface area contributed by atoms with Gasteiger partial charge >= 0.3 is 0 Å². The van der Waals surface area contributed by atoms with Crippen molar-refractivity contribution in [2.75, 3.05) is 19.6 Å². The molecule has 0 radical (unpaired) electrons. The summed E-state index contributed by atoms with van der Waals surface area (Å²) in [6.07, 6.45) is 4.70. The molecule has 1 aliphatic carbocycles. The third-order valence-electron chi connectivity index (χ3n) is 4.98. The zero-order chi connectivity index (χ0) is 12.8. The molecule has 2 aliphatic heterocycles. The molecule has 3 heterocycles. The monoisotopic (exact) mass is 276 g/mol. The van der Waals surface area contributed by atoms with Gasteiger partial charge in [0, 0.05) is 43.0 Å². The molecule has 0 aromatic carbocycles. The maximum atomic E-state index is 12.1. The molecule has 1 aromatic heterocycles. The molecule has 1 aromatic rings. The molecule has 19 heavy (non-hydrogen) atoms. The zero-order valence-electron chi connectivity index (χ0n) is 11.2. The summed E-state index contributed by atoms with van der Waals surface area (Å²) in [5, 5.41) is 2.21. The number of thiophene rings is 1. The molecule has 0 N–H and O–H groups in total. The van der Waals surface area contributed by atoms with E-state index in [2.05, 4.69) is 21.2 Å². The fraction of sp³-hybridized carbons (Fsp3) is 0.667. The largest absolute Gasteiger partial charge is 0.339 e. The first-order valence-corrected chi connectivity index (χ1v) is 8.27. The number of carbonyl (C=O) groups excluding carboxylic acids is 1. The number of carbonyl (C=O) groups is 1. The fourth-order valence-corrected chi connectivity index (χ4v) is 4.25. The van der Waals surface area contributed by atoms with E-state index in [-0.39, 0.29) is 0 Å². The summed E-state index contributed by atoms with van der Waals surface area (Å²) in [6, 6.07) is 2.87. The Morgan fingerprint density at radius 3 is 2.89 bits per heavy atom. The topological polar surface area (TPSA) is 23.6 Å². The summed E-state index contributed by atoms with van der Waals surface area (Å²) in [5.74, 6) is 0.793. The Balaban J connectivity index is 1.33. The molecule has 4 heteroatoms. The van der Waals surface area contributed by atoms with Gasteiger partial charge in [0.05, 0.1) is 0 Å². The van der Waals surface area contributed by atoms with Crippen molar-refractivity contribution in [3.8, 4) is 0 Å². The van der Waals surface area contributed by atoms with Gasteiger partial charge in [0.1, 0.15) is 0 Å². The molecule has 4 rings (SSSR count). The second-order valence-corrected chi connectivity index (χ2v) is 7.12. The van der Waals surface area contributed by atoms with Crippen LogP contribution in [0.3, 0.4) is 0 Å². The van der Waals surface area contributed by atoms with E-state index in [0.717, 1.165) is 32.5 Å². The highest BCUT2D eigenvalue weighted by molar-refractivity contribution is 7.10. The maximum absolute atomic E-state index is 12.1. The highest BCUT2D eigenvalue weighted by Gasteiger charge is 2.39. The summed E-state index contributed by atoms with van der Waals surface area (Å²) < 4.78 is 0. The summed E-state index contributed by atoms with van der Waals surface area (Å²) in [4.78, 5) is 18.3. The molecule has 2 fully saturated rings. The van der Waals surface area contributed by atoms with E-state index in [9.17, 15) is 4.79 Å². The van der Waals surface area contributed by atoms with Gasteiger partial charge in [-0.1, -0.05) is 6.42 Å². The van der Waals surface area contributed by atoms with Crippen LogP contribution >= 0.6 is 11.3 Å². The van der Waals surface area contributed by atoms with Crippen LogP contribution in [0.1, 0.15) is 29.7 Å². The lowest BCUT2D eigenvalue weighted by molar-refractivity contribution is -0.146. The van der Waals surface area contributed by atoms with E-state index < -0.39 is 0 Å². The Labute approximate surface area is 118 Å². The molecule has 1 saturated carbocycles. The van der Waals surface area contributed by atoms with Crippen molar-refractivity contribution in [1.82, 2.24) is 9.80 Å². The first kappa shape index (κ1) is 11.9. The Morgan fingerprint density at radius 2 is 2.16 bits per heavy atom. The minimum atomic E-state index is 0.366. The van der Waals surface area contributed by atoms with E-state index in [1.807, 2.05) is 11.3 Å². The molecular formula is C15H20N2OS. The van der Waals surface area contributed by atoms with Crippen molar-refractivity contribution in [1.29, 1.82) is 0 Å². The lowest BCUT2D eigenvalue weighted by atomic mass is 9.83. The van der Waals surface area contributed by atoms with E-state index in [1.54, 1.807) is 4.88 Å². The quantitative estimate of drug-likeness (QED) is 0.826. The van der Waals surface area contributed by atoms with Crippen molar-refractivity contribution in [2.24, 2.45) is 5.92 Å². The van der Waals surface area contributed by atoms with Gasteiger partial charge in [-0.15, -0.1) is 11.3 Å². The summed E-state index contributed by atoms with van der Waals surface area (Å²) in [5.41, 5.74) is 1.51. The van der Waals surface area contributed by atoms with Crippen LogP contribution in [0, 0.1) is 5.92 Å². The van der Waals surface area contributed by atoms with Gasteiger partial charge in [-0.05, 0) is 36.3 Å². The molecule has 0 bridgehead atoms. The van der Waals surface area contributed by atoms with Crippen molar-refractivity contribution in [3.63, 3.8) is 0 Å². The van der Waals surface area contributed by atoms with Crippen LogP contribution in [-0.4, -0.2) is 41.4 Å². The van der Waals surface area contributed by atoms with E-state index >= 15 is 0 Å². The average Bonchev–Trinajstić information content (AvgIpc) is 2.71. The third kappa shape index (κ3) is 2.01. The second-order valence-electron chi connectivity index (χ2n) is 6.11. The van der Waals surface area contributed by atoms with Gasteiger partial charge in [-0.2, -0.15) is 0 Å². The van der Waals surface area contributed by atoms with Crippen molar-refractivity contribution < 1.29 is 4.79 Å². The van der Waals surface area contributed by atoms with E-state index in [0.29, 0.717) is 17.9 Å². The molecule has 1 saturated heterocycles.